The van der Waals surface area contributed by atoms with Gasteiger partial charge < -0.3 is 9.84 Å². The molecular weight excluding hydrogens is 187 g/mol. The largest absolute Gasteiger partial charge is 0.493 e. The van der Waals surface area contributed by atoms with Gasteiger partial charge in [-0.1, -0.05) is 13.0 Å². The Labute approximate surface area is 81.1 Å². The number of carbonyl (C=O) groups is 1. The van der Waals surface area contributed by atoms with Gasteiger partial charge in [0.2, 0.25) is 0 Å². The highest BCUT2D eigenvalue weighted by atomic mass is 19.1. The van der Waals surface area contributed by atoms with Crippen molar-refractivity contribution in [3.05, 3.63) is 29.6 Å². The molecule has 14 heavy (non-hydrogen) atoms. The van der Waals surface area contributed by atoms with E-state index in [2.05, 4.69) is 0 Å². The van der Waals surface area contributed by atoms with Crippen molar-refractivity contribution in [2.75, 3.05) is 6.61 Å². The highest BCUT2D eigenvalue weighted by Gasteiger charge is 2.16. The summed E-state index contributed by atoms with van der Waals surface area (Å²) in [5, 5.41) is 8.73. The molecule has 3 nitrogen and oxygen atoms in total. The Morgan fingerprint density at radius 3 is 2.86 bits per heavy atom. The second-order valence-corrected chi connectivity index (χ2v) is 2.77. The van der Waals surface area contributed by atoms with E-state index in [1.807, 2.05) is 6.92 Å². The summed E-state index contributed by atoms with van der Waals surface area (Å²) in [6.07, 6.45) is 0.746. The summed E-state index contributed by atoms with van der Waals surface area (Å²) < 4.78 is 18.2. The van der Waals surface area contributed by atoms with E-state index in [0.717, 1.165) is 12.5 Å². The third kappa shape index (κ3) is 2.22. The quantitative estimate of drug-likeness (QED) is 0.807. The minimum Gasteiger partial charge on any atom is -0.493 e. The predicted molar refractivity (Wildman–Crippen MR) is 49.1 cm³/mol. The van der Waals surface area contributed by atoms with E-state index in [1.54, 1.807) is 0 Å². The molecule has 0 radical (unpaired) electrons. The van der Waals surface area contributed by atoms with Gasteiger partial charge in [-0.15, -0.1) is 0 Å². The molecular formula is C10H11FO3. The van der Waals surface area contributed by atoms with E-state index >= 15 is 0 Å². The van der Waals surface area contributed by atoms with Gasteiger partial charge in [-0.25, -0.2) is 9.18 Å². The summed E-state index contributed by atoms with van der Waals surface area (Å²) in [6.45, 7) is 2.27. The minimum absolute atomic E-state index is 0.0827. The van der Waals surface area contributed by atoms with Crippen LogP contribution in [-0.2, 0) is 0 Å². The third-order valence-electron chi connectivity index (χ3n) is 1.65. The van der Waals surface area contributed by atoms with Crippen molar-refractivity contribution in [1.29, 1.82) is 0 Å². The lowest BCUT2D eigenvalue weighted by Gasteiger charge is -2.07. The minimum atomic E-state index is -1.31. The molecule has 0 saturated carbocycles. The van der Waals surface area contributed by atoms with Gasteiger partial charge in [0.1, 0.15) is 17.1 Å². The number of aromatic carboxylic acids is 1. The van der Waals surface area contributed by atoms with Crippen molar-refractivity contribution < 1.29 is 19.0 Å². The van der Waals surface area contributed by atoms with E-state index in [9.17, 15) is 9.18 Å². The highest BCUT2D eigenvalue weighted by molar-refractivity contribution is 5.91. The summed E-state index contributed by atoms with van der Waals surface area (Å²) >= 11 is 0. The van der Waals surface area contributed by atoms with Gasteiger partial charge in [0.15, 0.2) is 0 Å². The van der Waals surface area contributed by atoms with Gasteiger partial charge in [0, 0.05) is 0 Å². The summed E-state index contributed by atoms with van der Waals surface area (Å²) in [7, 11) is 0. The van der Waals surface area contributed by atoms with Crippen molar-refractivity contribution >= 4 is 5.97 Å². The number of benzene rings is 1. The number of carboxylic acids is 1. The molecule has 1 N–H and O–H groups in total. The van der Waals surface area contributed by atoms with Crippen LogP contribution in [0.15, 0.2) is 18.2 Å². The molecule has 0 bridgehead atoms. The van der Waals surface area contributed by atoms with Crippen LogP contribution in [0.2, 0.25) is 0 Å². The Hall–Kier alpha value is -1.58. The van der Waals surface area contributed by atoms with Crippen molar-refractivity contribution in [3.63, 3.8) is 0 Å². The van der Waals surface area contributed by atoms with Gasteiger partial charge in [0.05, 0.1) is 6.61 Å². The zero-order chi connectivity index (χ0) is 10.6. The van der Waals surface area contributed by atoms with Gasteiger partial charge in [-0.2, -0.15) is 0 Å². The van der Waals surface area contributed by atoms with Crippen molar-refractivity contribution in [3.8, 4) is 5.75 Å². The normalized spacial score (nSPS) is 9.86. The second kappa shape index (κ2) is 4.60. The zero-order valence-electron chi connectivity index (χ0n) is 7.79. The molecule has 0 aliphatic carbocycles. The van der Waals surface area contributed by atoms with Crippen LogP contribution < -0.4 is 4.74 Å². The van der Waals surface area contributed by atoms with Gasteiger partial charge >= 0.3 is 5.97 Å². The summed E-state index contributed by atoms with van der Waals surface area (Å²) in [6, 6.07) is 3.97. The Bertz CT molecular complexity index is 336. The lowest BCUT2D eigenvalue weighted by Crippen LogP contribution is -2.06. The number of halogens is 1. The molecule has 0 spiro atoms. The van der Waals surface area contributed by atoms with Crippen LogP contribution in [0.25, 0.3) is 0 Å². The molecule has 0 atom stereocenters. The van der Waals surface area contributed by atoms with E-state index in [4.69, 9.17) is 9.84 Å². The molecule has 0 saturated heterocycles. The Morgan fingerprint density at radius 2 is 2.29 bits per heavy atom. The standard InChI is InChI=1S/C10H11FO3/c1-2-6-14-8-5-3-4-7(11)9(8)10(12)13/h3-5H,2,6H2,1H3,(H,12,13). The fraction of sp³-hybridized carbons (Fsp3) is 0.300. The van der Waals surface area contributed by atoms with Crippen LogP contribution in [0.3, 0.4) is 0 Å². The Kier molecular flexibility index (Phi) is 3.45. The van der Waals surface area contributed by atoms with Crippen LogP contribution in [-0.4, -0.2) is 17.7 Å². The second-order valence-electron chi connectivity index (χ2n) is 2.77. The summed E-state index contributed by atoms with van der Waals surface area (Å²) in [5.74, 6) is -2.00. The van der Waals surface area contributed by atoms with E-state index in [0.29, 0.717) is 6.61 Å². The maximum absolute atomic E-state index is 13.1. The van der Waals surface area contributed by atoms with Crippen LogP contribution in [0.5, 0.6) is 5.75 Å². The molecule has 1 aromatic rings. The van der Waals surface area contributed by atoms with Crippen LogP contribution in [0, 0.1) is 5.82 Å². The van der Waals surface area contributed by atoms with Crippen LogP contribution in [0.1, 0.15) is 23.7 Å². The maximum atomic E-state index is 13.1. The maximum Gasteiger partial charge on any atom is 0.342 e. The molecule has 4 heteroatoms. The summed E-state index contributed by atoms with van der Waals surface area (Å²) in [4.78, 5) is 10.7. The predicted octanol–water partition coefficient (Wildman–Crippen LogP) is 2.31. The van der Waals surface area contributed by atoms with Crippen molar-refractivity contribution in [1.82, 2.24) is 0 Å². The SMILES string of the molecule is CCCOc1cccc(F)c1C(=O)O. The Balaban J connectivity index is 3.02. The molecule has 1 rings (SSSR count). The van der Waals surface area contributed by atoms with Gasteiger partial charge in [-0.3, -0.25) is 0 Å². The monoisotopic (exact) mass is 198 g/mol. The molecule has 0 heterocycles. The molecule has 0 aromatic heterocycles. The number of ether oxygens (including phenoxy) is 1. The topological polar surface area (TPSA) is 46.5 Å². The van der Waals surface area contributed by atoms with E-state index in [1.165, 1.54) is 12.1 Å². The van der Waals surface area contributed by atoms with Crippen molar-refractivity contribution in [2.24, 2.45) is 0 Å². The first-order chi connectivity index (χ1) is 6.66. The molecule has 0 fully saturated rings. The number of rotatable bonds is 4. The number of hydrogen-bond donors (Lipinski definition) is 1. The molecule has 0 aliphatic heterocycles. The molecule has 76 valence electrons. The van der Waals surface area contributed by atoms with Gasteiger partial charge in [0.25, 0.3) is 0 Å². The van der Waals surface area contributed by atoms with Crippen LogP contribution >= 0.6 is 0 Å². The summed E-state index contributed by atoms with van der Waals surface area (Å²) in [5.41, 5.74) is -0.402. The van der Waals surface area contributed by atoms with Crippen LogP contribution in [0.4, 0.5) is 4.39 Å². The third-order valence-corrected chi connectivity index (χ3v) is 1.65. The first-order valence-electron chi connectivity index (χ1n) is 4.31. The molecule has 0 aliphatic rings. The first kappa shape index (κ1) is 10.5. The lowest BCUT2D eigenvalue weighted by molar-refractivity contribution is 0.0687. The van der Waals surface area contributed by atoms with E-state index < -0.39 is 17.3 Å². The molecule has 0 unspecified atom stereocenters. The smallest absolute Gasteiger partial charge is 0.342 e. The zero-order valence-corrected chi connectivity index (χ0v) is 7.79. The number of carboxylic acid groups (broad SMARTS) is 1. The Morgan fingerprint density at radius 1 is 1.57 bits per heavy atom. The van der Waals surface area contributed by atoms with Gasteiger partial charge in [-0.05, 0) is 18.6 Å². The molecule has 0 amide bonds. The fourth-order valence-electron chi connectivity index (χ4n) is 1.04. The number of hydrogen-bond acceptors (Lipinski definition) is 2. The average Bonchev–Trinajstić information content (AvgIpc) is 2.14. The average molecular weight is 198 g/mol. The van der Waals surface area contributed by atoms with E-state index in [-0.39, 0.29) is 5.75 Å². The van der Waals surface area contributed by atoms with Crippen molar-refractivity contribution in [2.45, 2.75) is 13.3 Å². The fourth-order valence-corrected chi connectivity index (χ4v) is 1.04. The highest BCUT2D eigenvalue weighted by Crippen LogP contribution is 2.21. The molecule has 1 aromatic carbocycles. The first-order valence-corrected chi connectivity index (χ1v) is 4.31. The lowest BCUT2D eigenvalue weighted by atomic mass is 10.2.